The van der Waals surface area contributed by atoms with Gasteiger partial charge in [-0.05, 0) is 37.0 Å². The number of unbranched alkanes of at least 4 members (excludes halogenated alkanes) is 2. The van der Waals surface area contributed by atoms with Gasteiger partial charge >= 0.3 is 0 Å². The van der Waals surface area contributed by atoms with E-state index < -0.39 is 0 Å². The number of hydrogen-bond acceptors (Lipinski definition) is 5. The molecular weight excluding hydrogens is 389 g/mol. The van der Waals surface area contributed by atoms with Crippen molar-refractivity contribution in [3.8, 4) is 0 Å². The Morgan fingerprint density at radius 3 is 2.85 bits per heavy atom. The molecule has 2 heterocycles. The Kier molecular flexibility index (Phi) is 6.71. The minimum absolute atomic E-state index is 0.217. The van der Waals surface area contributed by atoms with Gasteiger partial charge in [-0.3, -0.25) is 9.78 Å². The van der Waals surface area contributed by atoms with Crippen LogP contribution >= 0.6 is 23.2 Å². The van der Waals surface area contributed by atoms with Gasteiger partial charge in [0.2, 0.25) is 5.95 Å². The summed E-state index contributed by atoms with van der Waals surface area (Å²) in [4.78, 5) is 23.9. The molecular formula is C18H21Cl2N5O2. The Labute approximate surface area is 166 Å². The molecule has 0 atom stereocenters. The van der Waals surface area contributed by atoms with Gasteiger partial charge in [0.1, 0.15) is 0 Å². The monoisotopic (exact) mass is 409 g/mol. The summed E-state index contributed by atoms with van der Waals surface area (Å²) < 4.78 is 6.89. The van der Waals surface area contributed by atoms with Crippen molar-refractivity contribution < 1.29 is 4.74 Å². The summed E-state index contributed by atoms with van der Waals surface area (Å²) in [5.74, 6) is 0.365. The minimum atomic E-state index is -0.217. The van der Waals surface area contributed by atoms with Crippen molar-refractivity contribution in [3.05, 3.63) is 50.5 Å². The number of nitrogens with zero attached hydrogens (tertiary/aromatic N) is 3. The molecule has 0 saturated heterocycles. The van der Waals surface area contributed by atoms with E-state index in [9.17, 15) is 4.79 Å². The third-order valence-corrected chi connectivity index (χ3v) is 4.91. The smallest absolute Gasteiger partial charge is 0.278 e. The fraction of sp³-hybridized carbons (Fsp3) is 0.389. The van der Waals surface area contributed by atoms with Crippen molar-refractivity contribution in [2.75, 3.05) is 19.0 Å². The number of aromatic nitrogens is 4. The average Bonchev–Trinajstić information content (AvgIpc) is 3.06. The maximum absolute atomic E-state index is 12.5. The van der Waals surface area contributed by atoms with E-state index in [4.69, 9.17) is 27.9 Å². The SMILES string of the molecule is COCCCCCn1cnc2nc(NCc3ccc(Cl)c(Cl)c3)[nH]c(=O)c21. The zero-order valence-electron chi connectivity index (χ0n) is 15.0. The molecule has 0 bridgehead atoms. The molecule has 9 heteroatoms. The zero-order chi connectivity index (χ0) is 19.2. The van der Waals surface area contributed by atoms with Gasteiger partial charge in [0, 0.05) is 26.8 Å². The van der Waals surface area contributed by atoms with Gasteiger partial charge in [-0.2, -0.15) is 4.98 Å². The number of hydrogen-bond donors (Lipinski definition) is 2. The predicted octanol–water partition coefficient (Wildman–Crippen LogP) is 3.86. The Hall–Kier alpha value is -2.09. The second-order valence-corrected chi connectivity index (χ2v) is 6.99. The van der Waals surface area contributed by atoms with Crippen LogP contribution in [0.3, 0.4) is 0 Å². The zero-order valence-corrected chi connectivity index (χ0v) is 16.5. The molecule has 27 heavy (non-hydrogen) atoms. The summed E-state index contributed by atoms with van der Waals surface area (Å²) in [6.45, 7) is 1.92. The molecule has 3 rings (SSSR count). The molecule has 0 aliphatic rings. The molecule has 0 aliphatic carbocycles. The number of aryl methyl sites for hydroxylation is 1. The van der Waals surface area contributed by atoms with Gasteiger partial charge in [-0.1, -0.05) is 29.3 Å². The largest absolute Gasteiger partial charge is 0.385 e. The number of nitrogens with one attached hydrogen (secondary N) is 2. The molecule has 0 radical (unpaired) electrons. The second-order valence-electron chi connectivity index (χ2n) is 6.18. The fourth-order valence-electron chi connectivity index (χ4n) is 2.78. The summed E-state index contributed by atoms with van der Waals surface area (Å²) >= 11 is 11.9. The van der Waals surface area contributed by atoms with Crippen LogP contribution in [0.25, 0.3) is 11.2 Å². The standard InChI is InChI=1S/C18H21Cl2N5O2/c1-27-8-4-2-3-7-25-11-22-16-15(25)17(26)24-18(23-16)21-10-12-5-6-13(19)14(20)9-12/h5-6,9,11H,2-4,7-8,10H2,1H3,(H2,21,23,24,26). The van der Waals surface area contributed by atoms with E-state index in [1.807, 2.05) is 10.6 Å². The van der Waals surface area contributed by atoms with Gasteiger partial charge in [0.15, 0.2) is 11.2 Å². The van der Waals surface area contributed by atoms with Crippen molar-refractivity contribution in [2.45, 2.75) is 32.4 Å². The Morgan fingerprint density at radius 1 is 1.22 bits per heavy atom. The van der Waals surface area contributed by atoms with Crippen LogP contribution in [0.1, 0.15) is 24.8 Å². The summed E-state index contributed by atoms with van der Waals surface area (Å²) in [6.07, 6.45) is 4.64. The summed E-state index contributed by atoms with van der Waals surface area (Å²) in [7, 11) is 1.70. The third-order valence-electron chi connectivity index (χ3n) is 4.17. The number of anilines is 1. The molecule has 2 N–H and O–H groups in total. The van der Waals surface area contributed by atoms with Crippen LogP contribution in [-0.2, 0) is 17.8 Å². The van der Waals surface area contributed by atoms with Crippen LogP contribution < -0.4 is 10.9 Å². The molecule has 2 aromatic heterocycles. The maximum atomic E-state index is 12.5. The van der Waals surface area contributed by atoms with E-state index in [0.717, 1.165) is 38.0 Å². The molecule has 0 saturated carbocycles. The lowest BCUT2D eigenvalue weighted by molar-refractivity contribution is 0.191. The lowest BCUT2D eigenvalue weighted by Crippen LogP contribution is -2.15. The topological polar surface area (TPSA) is 84.8 Å². The summed E-state index contributed by atoms with van der Waals surface area (Å²) in [6, 6.07) is 5.36. The van der Waals surface area contributed by atoms with Crippen molar-refractivity contribution >= 4 is 40.3 Å². The van der Waals surface area contributed by atoms with E-state index in [2.05, 4.69) is 20.3 Å². The first-order valence-electron chi connectivity index (χ1n) is 8.70. The summed E-state index contributed by atoms with van der Waals surface area (Å²) in [5.41, 5.74) is 1.62. The molecule has 144 valence electrons. The van der Waals surface area contributed by atoms with Gasteiger partial charge in [-0.25, -0.2) is 4.98 Å². The number of methoxy groups -OCH3 is 1. The second kappa shape index (κ2) is 9.21. The van der Waals surface area contributed by atoms with E-state index in [1.54, 1.807) is 25.6 Å². The van der Waals surface area contributed by atoms with Crippen molar-refractivity contribution in [1.29, 1.82) is 0 Å². The molecule has 3 aromatic rings. The Morgan fingerprint density at radius 2 is 2.07 bits per heavy atom. The highest BCUT2D eigenvalue weighted by molar-refractivity contribution is 6.42. The quantitative estimate of drug-likeness (QED) is 0.524. The molecule has 1 aromatic carbocycles. The minimum Gasteiger partial charge on any atom is -0.385 e. The summed E-state index contributed by atoms with van der Waals surface area (Å²) in [5, 5.41) is 4.07. The van der Waals surface area contributed by atoms with Crippen molar-refractivity contribution in [2.24, 2.45) is 0 Å². The molecule has 7 nitrogen and oxygen atoms in total. The average molecular weight is 410 g/mol. The van der Waals surface area contributed by atoms with Crippen LogP contribution in [0.15, 0.2) is 29.3 Å². The van der Waals surface area contributed by atoms with E-state index in [1.165, 1.54) is 0 Å². The highest BCUT2D eigenvalue weighted by atomic mass is 35.5. The van der Waals surface area contributed by atoms with Gasteiger partial charge < -0.3 is 14.6 Å². The Balaban J connectivity index is 1.68. The molecule has 0 amide bonds. The normalized spacial score (nSPS) is 11.2. The van der Waals surface area contributed by atoms with Gasteiger partial charge in [0.05, 0.1) is 16.4 Å². The lowest BCUT2D eigenvalue weighted by atomic mass is 10.2. The van der Waals surface area contributed by atoms with Gasteiger partial charge in [0.25, 0.3) is 5.56 Å². The van der Waals surface area contributed by atoms with Crippen molar-refractivity contribution in [3.63, 3.8) is 0 Å². The first-order valence-corrected chi connectivity index (χ1v) is 9.46. The number of rotatable bonds is 9. The number of benzene rings is 1. The first-order chi connectivity index (χ1) is 13.1. The van der Waals surface area contributed by atoms with Crippen LogP contribution in [0.4, 0.5) is 5.95 Å². The highest BCUT2D eigenvalue weighted by Crippen LogP contribution is 2.22. The van der Waals surface area contributed by atoms with Crippen LogP contribution in [0.2, 0.25) is 10.0 Å². The fourth-order valence-corrected chi connectivity index (χ4v) is 3.10. The number of ether oxygens (including phenoxy) is 1. The highest BCUT2D eigenvalue weighted by Gasteiger charge is 2.10. The Bertz CT molecular complexity index is 970. The number of aromatic amines is 1. The van der Waals surface area contributed by atoms with Gasteiger partial charge in [-0.15, -0.1) is 0 Å². The van der Waals surface area contributed by atoms with E-state index >= 15 is 0 Å². The lowest BCUT2D eigenvalue weighted by Gasteiger charge is -2.07. The number of halogens is 2. The number of fused-ring (bicyclic) bond motifs is 1. The molecule has 0 aliphatic heterocycles. The first kappa shape index (κ1) is 19.7. The molecule has 0 spiro atoms. The third kappa shape index (κ3) is 5.00. The van der Waals surface area contributed by atoms with Crippen molar-refractivity contribution in [1.82, 2.24) is 19.5 Å². The number of imidazole rings is 1. The number of H-pyrrole nitrogens is 1. The molecule has 0 fully saturated rings. The van der Waals surface area contributed by atoms with E-state index in [0.29, 0.717) is 33.7 Å². The molecule has 0 unspecified atom stereocenters. The maximum Gasteiger partial charge on any atom is 0.278 e. The predicted molar refractivity (Wildman–Crippen MR) is 108 cm³/mol. The van der Waals surface area contributed by atoms with E-state index in [-0.39, 0.29) is 5.56 Å². The van der Waals surface area contributed by atoms with Crippen LogP contribution in [0, 0.1) is 0 Å². The van der Waals surface area contributed by atoms with Crippen LogP contribution in [-0.4, -0.2) is 33.2 Å². The van der Waals surface area contributed by atoms with Crippen LogP contribution in [0.5, 0.6) is 0 Å².